The van der Waals surface area contributed by atoms with E-state index in [2.05, 4.69) is 39.1 Å². The zero-order valence-electron chi connectivity index (χ0n) is 18.0. The number of aliphatic imine (C=N–C) groups is 1. The lowest BCUT2D eigenvalue weighted by atomic mass is 9.97. The second-order valence-corrected chi connectivity index (χ2v) is 7.83. The highest BCUT2D eigenvalue weighted by atomic mass is 127. The van der Waals surface area contributed by atoms with Crippen molar-refractivity contribution < 1.29 is 17.9 Å². The SMILES string of the molecule is CN=C(NCc1ccc(COCC(F)(F)F)cc1)NCC1CCCN(C(C)C)C1.I. The van der Waals surface area contributed by atoms with Gasteiger partial charge in [-0.15, -0.1) is 24.0 Å². The van der Waals surface area contributed by atoms with Gasteiger partial charge in [0, 0.05) is 32.7 Å². The van der Waals surface area contributed by atoms with Crippen LogP contribution in [-0.2, 0) is 17.9 Å². The summed E-state index contributed by atoms with van der Waals surface area (Å²) in [5.74, 6) is 1.37. The van der Waals surface area contributed by atoms with Crippen molar-refractivity contribution in [2.24, 2.45) is 10.9 Å². The molecule has 0 spiro atoms. The highest BCUT2D eigenvalue weighted by molar-refractivity contribution is 14.0. The fourth-order valence-electron chi connectivity index (χ4n) is 3.42. The van der Waals surface area contributed by atoms with Crippen LogP contribution in [0.4, 0.5) is 13.2 Å². The molecule has 0 amide bonds. The summed E-state index contributed by atoms with van der Waals surface area (Å²) in [6.07, 6.45) is -1.84. The number of nitrogens with zero attached hydrogens (tertiary/aromatic N) is 2. The minimum absolute atomic E-state index is 0. The molecule has 9 heteroatoms. The molecule has 1 aromatic carbocycles. The van der Waals surface area contributed by atoms with E-state index < -0.39 is 12.8 Å². The monoisotopic (exact) mass is 542 g/mol. The molecule has 1 aliphatic rings. The number of likely N-dealkylation sites (tertiary alicyclic amines) is 1. The Morgan fingerprint density at radius 2 is 1.87 bits per heavy atom. The normalized spacial score (nSPS) is 18.2. The van der Waals surface area contributed by atoms with E-state index in [0.29, 0.717) is 24.1 Å². The smallest absolute Gasteiger partial charge is 0.367 e. The number of rotatable bonds is 8. The van der Waals surface area contributed by atoms with Crippen molar-refractivity contribution in [3.8, 4) is 0 Å². The second-order valence-electron chi connectivity index (χ2n) is 7.83. The van der Waals surface area contributed by atoms with Crippen LogP contribution in [0.25, 0.3) is 0 Å². The Labute approximate surface area is 194 Å². The highest BCUT2D eigenvalue weighted by Gasteiger charge is 2.27. The van der Waals surface area contributed by atoms with Gasteiger partial charge in [-0.25, -0.2) is 0 Å². The van der Waals surface area contributed by atoms with Gasteiger partial charge >= 0.3 is 6.18 Å². The van der Waals surface area contributed by atoms with Gasteiger partial charge in [0.05, 0.1) is 6.61 Å². The van der Waals surface area contributed by atoms with Gasteiger partial charge in [-0.2, -0.15) is 13.2 Å². The lowest BCUT2D eigenvalue weighted by Gasteiger charge is -2.35. The zero-order chi connectivity index (χ0) is 21.3. The van der Waals surface area contributed by atoms with E-state index in [1.54, 1.807) is 19.2 Å². The Kier molecular flexibility index (Phi) is 12.0. The molecule has 172 valence electrons. The van der Waals surface area contributed by atoms with Crippen LogP contribution in [0.5, 0.6) is 0 Å². The summed E-state index contributed by atoms with van der Waals surface area (Å²) >= 11 is 0. The standard InChI is InChI=1S/C21H33F3N4O.HI/c1-16(2)28-10-4-5-19(13-28)12-27-20(25-3)26-11-17-6-8-18(9-7-17)14-29-15-21(22,23)24;/h6-9,16,19H,4-5,10-15H2,1-3H3,(H2,25,26,27);1H. The summed E-state index contributed by atoms with van der Waals surface area (Å²) in [5.41, 5.74) is 1.74. The largest absolute Gasteiger partial charge is 0.411 e. The number of nitrogens with one attached hydrogen (secondary N) is 2. The molecule has 0 aromatic heterocycles. The first-order valence-corrected chi connectivity index (χ1v) is 10.2. The van der Waals surface area contributed by atoms with Gasteiger partial charge in [0.1, 0.15) is 6.61 Å². The maximum Gasteiger partial charge on any atom is 0.411 e. The molecular formula is C21H34F3IN4O. The average molecular weight is 542 g/mol. The van der Waals surface area contributed by atoms with Crippen molar-refractivity contribution >= 4 is 29.9 Å². The van der Waals surface area contributed by atoms with Crippen molar-refractivity contribution in [2.45, 2.75) is 52.1 Å². The van der Waals surface area contributed by atoms with Crippen LogP contribution in [0.1, 0.15) is 37.8 Å². The van der Waals surface area contributed by atoms with Crippen LogP contribution in [0.3, 0.4) is 0 Å². The Hall–Kier alpha value is -1.07. The number of alkyl halides is 3. The number of benzene rings is 1. The second kappa shape index (κ2) is 13.4. The minimum Gasteiger partial charge on any atom is -0.367 e. The van der Waals surface area contributed by atoms with E-state index >= 15 is 0 Å². The third-order valence-electron chi connectivity index (χ3n) is 5.08. The number of ether oxygens (including phenoxy) is 1. The molecule has 1 aliphatic heterocycles. The van der Waals surface area contributed by atoms with E-state index in [1.165, 1.54) is 19.4 Å². The van der Waals surface area contributed by atoms with Crippen molar-refractivity contribution in [3.63, 3.8) is 0 Å². The van der Waals surface area contributed by atoms with Gasteiger partial charge in [-0.1, -0.05) is 24.3 Å². The summed E-state index contributed by atoms with van der Waals surface area (Å²) in [7, 11) is 1.75. The van der Waals surface area contributed by atoms with E-state index in [4.69, 9.17) is 0 Å². The average Bonchev–Trinajstić information content (AvgIpc) is 2.68. The molecule has 2 N–H and O–H groups in total. The van der Waals surface area contributed by atoms with Gasteiger partial charge in [-0.05, 0) is 50.3 Å². The van der Waals surface area contributed by atoms with Crippen LogP contribution in [0, 0.1) is 5.92 Å². The van der Waals surface area contributed by atoms with Crippen molar-refractivity contribution in [1.29, 1.82) is 0 Å². The lowest BCUT2D eigenvalue weighted by Crippen LogP contribution is -2.45. The first-order chi connectivity index (χ1) is 13.8. The molecule has 5 nitrogen and oxygen atoms in total. The van der Waals surface area contributed by atoms with Crippen LogP contribution < -0.4 is 10.6 Å². The van der Waals surface area contributed by atoms with Crippen LogP contribution in [0.2, 0.25) is 0 Å². The quantitative estimate of drug-likeness (QED) is 0.294. The predicted molar refractivity (Wildman–Crippen MR) is 125 cm³/mol. The molecule has 1 saturated heterocycles. The third kappa shape index (κ3) is 10.3. The molecule has 2 rings (SSSR count). The number of halogens is 4. The Morgan fingerprint density at radius 3 is 2.47 bits per heavy atom. The topological polar surface area (TPSA) is 48.9 Å². The number of hydrogen-bond acceptors (Lipinski definition) is 3. The van der Waals surface area contributed by atoms with Gasteiger partial charge in [0.15, 0.2) is 5.96 Å². The highest BCUT2D eigenvalue weighted by Crippen LogP contribution is 2.18. The predicted octanol–water partition coefficient (Wildman–Crippen LogP) is 4.17. The molecule has 1 fully saturated rings. The van der Waals surface area contributed by atoms with E-state index in [9.17, 15) is 13.2 Å². The maximum absolute atomic E-state index is 12.1. The summed E-state index contributed by atoms with van der Waals surface area (Å²) in [6.45, 7) is 6.97. The summed E-state index contributed by atoms with van der Waals surface area (Å²) in [5, 5.41) is 6.70. The van der Waals surface area contributed by atoms with Gasteiger partial charge < -0.3 is 20.3 Å². The molecule has 0 aliphatic carbocycles. The summed E-state index contributed by atoms with van der Waals surface area (Å²) in [6, 6.07) is 7.91. The van der Waals surface area contributed by atoms with E-state index in [0.717, 1.165) is 24.6 Å². The van der Waals surface area contributed by atoms with Gasteiger partial charge in [-0.3, -0.25) is 4.99 Å². The molecule has 1 atom stereocenters. The van der Waals surface area contributed by atoms with Crippen molar-refractivity contribution in [3.05, 3.63) is 35.4 Å². The maximum atomic E-state index is 12.1. The Bertz CT molecular complexity index is 638. The summed E-state index contributed by atoms with van der Waals surface area (Å²) < 4.78 is 41.0. The summed E-state index contributed by atoms with van der Waals surface area (Å²) in [4.78, 5) is 6.80. The number of piperidine rings is 1. The molecule has 30 heavy (non-hydrogen) atoms. The molecule has 0 saturated carbocycles. The molecule has 1 heterocycles. The molecule has 0 bridgehead atoms. The molecule has 0 radical (unpaired) electrons. The molecular weight excluding hydrogens is 508 g/mol. The van der Waals surface area contributed by atoms with Crippen LogP contribution in [0.15, 0.2) is 29.3 Å². The van der Waals surface area contributed by atoms with Crippen LogP contribution >= 0.6 is 24.0 Å². The van der Waals surface area contributed by atoms with Crippen molar-refractivity contribution in [1.82, 2.24) is 15.5 Å². The lowest BCUT2D eigenvalue weighted by molar-refractivity contribution is -0.176. The van der Waals surface area contributed by atoms with E-state index in [1.807, 2.05) is 12.1 Å². The minimum atomic E-state index is -4.29. The third-order valence-corrected chi connectivity index (χ3v) is 5.08. The van der Waals surface area contributed by atoms with Gasteiger partial charge in [0.25, 0.3) is 0 Å². The fourth-order valence-corrected chi connectivity index (χ4v) is 3.42. The zero-order valence-corrected chi connectivity index (χ0v) is 20.3. The fraction of sp³-hybridized carbons (Fsp3) is 0.667. The number of guanidine groups is 1. The Balaban J connectivity index is 0.00000450. The first-order valence-electron chi connectivity index (χ1n) is 10.2. The van der Waals surface area contributed by atoms with Crippen LogP contribution in [-0.4, -0.2) is 56.4 Å². The van der Waals surface area contributed by atoms with E-state index in [-0.39, 0.29) is 30.6 Å². The Morgan fingerprint density at radius 1 is 1.20 bits per heavy atom. The number of hydrogen-bond donors (Lipinski definition) is 2. The molecule has 1 aromatic rings. The first kappa shape index (κ1) is 27.0. The molecule has 1 unspecified atom stereocenters. The van der Waals surface area contributed by atoms with Crippen molar-refractivity contribution in [2.75, 3.05) is 33.3 Å². The van der Waals surface area contributed by atoms with Gasteiger partial charge in [0.2, 0.25) is 0 Å².